The number of benzene rings is 1. The molecule has 1 aromatic rings. The van der Waals surface area contributed by atoms with Crippen LogP contribution in [-0.2, 0) is 11.2 Å². The second-order valence-electron chi connectivity index (χ2n) is 8.28. The molecule has 0 bridgehead atoms. The molecule has 0 saturated carbocycles. The van der Waals surface area contributed by atoms with Crippen molar-refractivity contribution < 1.29 is 4.79 Å². The zero-order chi connectivity index (χ0) is 20.5. The lowest BCUT2D eigenvalue weighted by molar-refractivity contribution is -0.111. The highest BCUT2D eigenvalue weighted by atomic mass is 35.5. The van der Waals surface area contributed by atoms with Crippen LogP contribution in [-0.4, -0.2) is 11.3 Å². The third kappa shape index (κ3) is 14.0. The molecule has 0 aliphatic rings. The minimum Gasteiger partial charge on any atom is -0.383 e. The van der Waals surface area contributed by atoms with Gasteiger partial charge in [0.2, 0.25) is 5.24 Å². The van der Waals surface area contributed by atoms with Crippen molar-refractivity contribution in [2.75, 3.05) is 5.32 Å². The van der Waals surface area contributed by atoms with Crippen LogP contribution in [0.1, 0.15) is 109 Å². The Labute approximate surface area is 178 Å². The molecule has 1 N–H and O–H groups in total. The molecule has 0 aliphatic carbocycles. The highest BCUT2D eigenvalue weighted by Crippen LogP contribution is 2.16. The molecule has 28 heavy (non-hydrogen) atoms. The molecule has 1 atom stereocenters. The van der Waals surface area contributed by atoms with Crippen molar-refractivity contribution in [3.05, 3.63) is 29.8 Å². The van der Waals surface area contributed by atoms with E-state index < -0.39 is 0 Å². The lowest BCUT2D eigenvalue weighted by Crippen LogP contribution is -2.14. The summed E-state index contributed by atoms with van der Waals surface area (Å²) in [5, 5.41) is 3.32. The number of aryl methyl sites for hydroxylation is 1. The van der Waals surface area contributed by atoms with Crippen LogP contribution >= 0.6 is 11.6 Å². The zero-order valence-corrected chi connectivity index (χ0v) is 19.0. The summed E-state index contributed by atoms with van der Waals surface area (Å²) >= 11 is 5.40. The molecular formula is C25H42ClNO. The van der Waals surface area contributed by atoms with E-state index in [2.05, 4.69) is 43.4 Å². The van der Waals surface area contributed by atoms with Crippen molar-refractivity contribution in [1.82, 2.24) is 0 Å². The summed E-state index contributed by atoms with van der Waals surface area (Å²) in [6, 6.07) is 8.87. The molecule has 1 rings (SSSR count). The summed E-state index contributed by atoms with van der Waals surface area (Å²) < 4.78 is 0. The van der Waals surface area contributed by atoms with Gasteiger partial charge in [-0.25, -0.2) is 0 Å². The second kappa shape index (κ2) is 16.9. The monoisotopic (exact) mass is 407 g/mol. The summed E-state index contributed by atoms with van der Waals surface area (Å²) in [5.74, 6) is 0. The molecule has 1 aromatic carbocycles. The predicted molar refractivity (Wildman–Crippen MR) is 124 cm³/mol. The summed E-state index contributed by atoms with van der Waals surface area (Å²) in [6.45, 7) is 4.54. The van der Waals surface area contributed by atoms with Gasteiger partial charge in [0.15, 0.2) is 0 Å². The van der Waals surface area contributed by atoms with Gasteiger partial charge in [-0.05, 0) is 49.1 Å². The Bertz CT molecular complexity index is 500. The first-order valence-corrected chi connectivity index (χ1v) is 12.0. The van der Waals surface area contributed by atoms with E-state index in [0.717, 1.165) is 17.7 Å². The van der Waals surface area contributed by atoms with Crippen LogP contribution < -0.4 is 5.32 Å². The molecule has 0 heterocycles. The van der Waals surface area contributed by atoms with Crippen LogP contribution in [0.3, 0.4) is 0 Å². The molecule has 3 heteroatoms. The standard InChI is InChI=1S/C25H42ClNO/c1-3-4-5-6-7-8-9-10-11-12-13-14-15-22(2)27-24-19-16-23(17-20-24)18-21-25(26)28/h16-17,19-20,22,27H,3-15,18,21H2,1-2H3. The van der Waals surface area contributed by atoms with Gasteiger partial charge in [0.25, 0.3) is 0 Å². The summed E-state index contributed by atoms with van der Waals surface area (Å²) in [7, 11) is 0. The predicted octanol–water partition coefficient (Wildman–Crippen LogP) is 8.28. The molecule has 2 nitrogen and oxygen atoms in total. The van der Waals surface area contributed by atoms with E-state index in [-0.39, 0.29) is 5.24 Å². The Morgan fingerprint density at radius 1 is 0.857 bits per heavy atom. The van der Waals surface area contributed by atoms with Gasteiger partial charge in [0.05, 0.1) is 0 Å². The van der Waals surface area contributed by atoms with Crippen LogP contribution in [0.4, 0.5) is 5.69 Å². The van der Waals surface area contributed by atoms with Crippen LogP contribution in [0.15, 0.2) is 24.3 Å². The third-order valence-electron chi connectivity index (χ3n) is 5.47. The van der Waals surface area contributed by atoms with E-state index in [9.17, 15) is 4.79 Å². The van der Waals surface area contributed by atoms with Crippen LogP contribution in [0.5, 0.6) is 0 Å². The van der Waals surface area contributed by atoms with Crippen molar-refractivity contribution in [2.24, 2.45) is 0 Å². The average molecular weight is 408 g/mol. The van der Waals surface area contributed by atoms with Gasteiger partial charge < -0.3 is 5.32 Å². The van der Waals surface area contributed by atoms with E-state index in [0.29, 0.717) is 12.5 Å². The van der Waals surface area contributed by atoms with Crippen molar-refractivity contribution >= 4 is 22.5 Å². The summed E-state index contributed by atoms with van der Waals surface area (Å²) in [5.41, 5.74) is 2.32. The molecule has 0 radical (unpaired) electrons. The lowest BCUT2D eigenvalue weighted by Gasteiger charge is -2.15. The van der Waals surface area contributed by atoms with Crippen LogP contribution in [0, 0.1) is 0 Å². The van der Waals surface area contributed by atoms with Crippen LogP contribution in [0.2, 0.25) is 0 Å². The van der Waals surface area contributed by atoms with Gasteiger partial charge in [-0.2, -0.15) is 0 Å². The topological polar surface area (TPSA) is 29.1 Å². The van der Waals surface area contributed by atoms with Crippen molar-refractivity contribution in [2.45, 2.75) is 116 Å². The number of rotatable bonds is 18. The molecular weight excluding hydrogens is 366 g/mol. The Morgan fingerprint density at radius 2 is 1.36 bits per heavy atom. The van der Waals surface area contributed by atoms with E-state index >= 15 is 0 Å². The number of unbranched alkanes of at least 4 members (excludes halogenated alkanes) is 11. The number of hydrogen-bond donors (Lipinski definition) is 1. The first-order valence-electron chi connectivity index (χ1n) is 11.7. The smallest absolute Gasteiger partial charge is 0.221 e. The molecule has 1 unspecified atom stereocenters. The maximum absolute atomic E-state index is 10.8. The van der Waals surface area contributed by atoms with Gasteiger partial charge in [-0.3, -0.25) is 4.79 Å². The molecule has 0 amide bonds. The maximum Gasteiger partial charge on any atom is 0.221 e. The molecule has 0 aliphatic heterocycles. The first-order chi connectivity index (χ1) is 13.6. The average Bonchev–Trinajstić information content (AvgIpc) is 2.68. The number of carbonyl (C=O) groups excluding carboxylic acids is 1. The van der Waals surface area contributed by atoms with E-state index in [1.165, 1.54) is 83.5 Å². The third-order valence-corrected chi connectivity index (χ3v) is 5.66. The quantitative estimate of drug-likeness (QED) is 0.196. The van der Waals surface area contributed by atoms with Gasteiger partial charge in [0.1, 0.15) is 0 Å². The Balaban J connectivity index is 1.97. The molecule has 0 fully saturated rings. The fourth-order valence-electron chi connectivity index (χ4n) is 3.66. The number of halogens is 1. The van der Waals surface area contributed by atoms with Gasteiger partial charge in [0, 0.05) is 18.2 Å². The maximum atomic E-state index is 10.8. The van der Waals surface area contributed by atoms with E-state index in [4.69, 9.17) is 11.6 Å². The van der Waals surface area contributed by atoms with Gasteiger partial charge in [-0.15, -0.1) is 0 Å². The van der Waals surface area contributed by atoms with Crippen molar-refractivity contribution in [3.8, 4) is 0 Å². The van der Waals surface area contributed by atoms with Crippen molar-refractivity contribution in [3.63, 3.8) is 0 Å². The molecule has 160 valence electrons. The number of anilines is 1. The largest absolute Gasteiger partial charge is 0.383 e. The second-order valence-corrected chi connectivity index (χ2v) is 8.70. The Kier molecular flexibility index (Phi) is 15.1. The molecule has 0 spiro atoms. The number of hydrogen-bond acceptors (Lipinski definition) is 2. The van der Waals surface area contributed by atoms with E-state index in [1.54, 1.807) is 0 Å². The van der Waals surface area contributed by atoms with Crippen LogP contribution in [0.25, 0.3) is 0 Å². The number of carbonyl (C=O) groups is 1. The fraction of sp³-hybridized carbons (Fsp3) is 0.720. The highest BCUT2D eigenvalue weighted by Gasteiger charge is 2.03. The fourth-order valence-corrected chi connectivity index (χ4v) is 3.75. The minimum absolute atomic E-state index is 0.266. The van der Waals surface area contributed by atoms with Gasteiger partial charge >= 0.3 is 0 Å². The lowest BCUT2D eigenvalue weighted by atomic mass is 10.0. The highest BCUT2D eigenvalue weighted by molar-refractivity contribution is 6.63. The Morgan fingerprint density at radius 3 is 1.86 bits per heavy atom. The van der Waals surface area contributed by atoms with Crippen molar-refractivity contribution in [1.29, 1.82) is 0 Å². The summed E-state index contributed by atoms with van der Waals surface area (Å²) in [6.07, 6.45) is 19.2. The number of nitrogens with one attached hydrogen (secondary N) is 1. The van der Waals surface area contributed by atoms with E-state index in [1.807, 2.05) is 0 Å². The Hall–Kier alpha value is -1.02. The zero-order valence-electron chi connectivity index (χ0n) is 18.3. The first kappa shape index (κ1) is 25.0. The normalized spacial score (nSPS) is 12.1. The van der Waals surface area contributed by atoms with Gasteiger partial charge in [-0.1, -0.05) is 96.1 Å². The SMILES string of the molecule is CCCCCCCCCCCCCCC(C)Nc1ccc(CCC(=O)Cl)cc1. The minimum atomic E-state index is -0.266. The molecule has 0 aromatic heterocycles. The summed E-state index contributed by atoms with van der Waals surface area (Å²) in [4.78, 5) is 10.8. The molecule has 0 saturated heterocycles.